The van der Waals surface area contributed by atoms with Gasteiger partial charge in [-0.15, -0.1) is 11.3 Å². The largest absolute Gasteiger partial charge is 0.311 e. The van der Waals surface area contributed by atoms with Gasteiger partial charge in [-0.25, -0.2) is 4.39 Å². The molecule has 0 saturated heterocycles. The quantitative estimate of drug-likeness (QED) is 0.163. The molecule has 2 nitrogen and oxygen atoms in total. The molecular weight excluding hydrogens is 847 g/mol. The predicted molar refractivity (Wildman–Crippen MR) is 292 cm³/mol. The van der Waals surface area contributed by atoms with Crippen molar-refractivity contribution in [1.82, 2.24) is 0 Å². The second-order valence-corrected chi connectivity index (χ2v) is 26.6. The summed E-state index contributed by atoms with van der Waals surface area (Å²) in [7, 11) is 0. The van der Waals surface area contributed by atoms with Crippen LogP contribution in [-0.4, -0.2) is 6.71 Å². The lowest BCUT2D eigenvalue weighted by Gasteiger charge is -2.47. The summed E-state index contributed by atoms with van der Waals surface area (Å²) in [6.07, 6.45) is 7.04. The second-order valence-electron chi connectivity index (χ2n) is 25.5. The Labute approximate surface area is 410 Å². The summed E-state index contributed by atoms with van der Waals surface area (Å²) < 4.78 is 18.1. The molecule has 3 aliphatic carbocycles. The molecule has 7 aromatic rings. The number of rotatable bonds is 3. The topological polar surface area (TPSA) is 6.48 Å². The summed E-state index contributed by atoms with van der Waals surface area (Å²) in [4.78, 5) is 5.28. The number of aryl methyl sites for hydroxylation is 1. The number of hydrogen-bond acceptors (Lipinski definition) is 3. The number of hydrogen-bond donors (Lipinski definition) is 0. The van der Waals surface area contributed by atoms with Gasteiger partial charge in [0.1, 0.15) is 5.82 Å². The Kier molecular flexibility index (Phi) is 9.24. The number of fused-ring (bicyclic) bond motifs is 9. The van der Waals surface area contributed by atoms with E-state index in [1.54, 1.807) is 12.1 Å². The maximum Gasteiger partial charge on any atom is 0.264 e. The van der Waals surface area contributed by atoms with Crippen molar-refractivity contribution in [2.24, 2.45) is 0 Å². The molecule has 0 bridgehead atoms. The third kappa shape index (κ3) is 6.32. The van der Waals surface area contributed by atoms with Crippen molar-refractivity contribution in [1.29, 1.82) is 0 Å². The minimum Gasteiger partial charge on any atom is -0.311 e. The average molecular weight is 915 g/mol. The number of halogens is 1. The van der Waals surface area contributed by atoms with Crippen LogP contribution in [0.5, 0.6) is 0 Å². The minimum atomic E-state index is -0.197. The van der Waals surface area contributed by atoms with Crippen LogP contribution in [0, 0.1) is 12.7 Å². The van der Waals surface area contributed by atoms with Crippen molar-refractivity contribution in [3.05, 3.63) is 148 Å². The van der Waals surface area contributed by atoms with Gasteiger partial charge in [0.05, 0.1) is 5.69 Å². The molecule has 2 aliphatic heterocycles. The van der Waals surface area contributed by atoms with Gasteiger partial charge in [-0.05, 0) is 194 Å². The summed E-state index contributed by atoms with van der Waals surface area (Å²) in [6, 6.07) is 38.8. The third-order valence-corrected chi connectivity index (χ3v) is 19.4. The molecule has 0 amide bonds. The van der Waals surface area contributed by atoms with E-state index in [4.69, 9.17) is 0 Å². The predicted octanol–water partition coefficient (Wildman–Crippen LogP) is 16.1. The molecule has 5 heteroatoms. The fourth-order valence-corrected chi connectivity index (χ4v) is 14.8. The van der Waals surface area contributed by atoms with Gasteiger partial charge in [0, 0.05) is 48.9 Å². The fraction of sp³-hybridized carbons (Fsp3) is 0.397. The van der Waals surface area contributed by atoms with Crippen LogP contribution in [0.2, 0.25) is 0 Å². The van der Waals surface area contributed by atoms with Crippen LogP contribution >= 0.6 is 11.3 Å². The monoisotopic (exact) mass is 915 g/mol. The fourth-order valence-electron chi connectivity index (χ4n) is 13.5. The standard InChI is InChI=1S/C63H68BFN2S/c1-37-30-52-55-53(31-37)67(39-20-18-38(19-21-39)41-16-14-15-17-50(41)65)56-42-33-45-48(63(12,13)29-26-60(45,6)7)36-54(42)68-57(56)64(55)49-34-46-47(62(10,11)28-27-61(46,8)9)35-51(49)66(52)40-22-23-43-44(32-40)59(4,5)25-24-58(43,2)3/h14-23,30-36H,24-29H2,1-13H3. The van der Waals surface area contributed by atoms with E-state index >= 15 is 4.39 Å². The zero-order valence-corrected chi connectivity index (χ0v) is 43.6. The third-order valence-electron chi connectivity index (χ3n) is 18.2. The molecule has 346 valence electrons. The maximum absolute atomic E-state index is 15.3. The molecule has 0 spiro atoms. The van der Waals surface area contributed by atoms with Crippen LogP contribution in [0.1, 0.15) is 161 Å². The van der Waals surface area contributed by atoms with E-state index in [0.29, 0.717) is 5.56 Å². The molecule has 0 unspecified atom stereocenters. The van der Waals surface area contributed by atoms with Crippen LogP contribution in [0.25, 0.3) is 21.2 Å². The van der Waals surface area contributed by atoms with Gasteiger partial charge in [-0.1, -0.05) is 126 Å². The van der Waals surface area contributed by atoms with E-state index in [-0.39, 0.29) is 45.0 Å². The van der Waals surface area contributed by atoms with Gasteiger partial charge in [0.2, 0.25) is 0 Å². The lowest BCUT2D eigenvalue weighted by atomic mass is 9.35. The van der Waals surface area contributed by atoms with Crippen molar-refractivity contribution >= 4 is 78.0 Å². The van der Waals surface area contributed by atoms with Crippen molar-refractivity contribution in [3.63, 3.8) is 0 Å². The minimum absolute atomic E-state index is 0.0328. The van der Waals surface area contributed by atoms with Crippen LogP contribution < -0.4 is 25.5 Å². The van der Waals surface area contributed by atoms with E-state index in [9.17, 15) is 0 Å². The molecule has 0 N–H and O–H groups in total. The van der Waals surface area contributed by atoms with Gasteiger partial charge >= 0.3 is 0 Å². The van der Waals surface area contributed by atoms with E-state index < -0.39 is 0 Å². The molecule has 0 radical (unpaired) electrons. The smallest absolute Gasteiger partial charge is 0.264 e. The lowest BCUT2D eigenvalue weighted by molar-refractivity contribution is 0.332. The Morgan fingerprint density at radius 1 is 0.485 bits per heavy atom. The summed E-state index contributed by atoms with van der Waals surface area (Å²) in [5, 5.41) is 1.34. The van der Waals surface area contributed by atoms with Crippen LogP contribution in [0.15, 0.2) is 103 Å². The van der Waals surface area contributed by atoms with Crippen molar-refractivity contribution < 1.29 is 4.39 Å². The Morgan fingerprint density at radius 3 is 1.59 bits per heavy atom. The average Bonchev–Trinajstić information content (AvgIpc) is 3.66. The van der Waals surface area contributed by atoms with E-state index in [1.807, 2.05) is 23.5 Å². The molecule has 68 heavy (non-hydrogen) atoms. The SMILES string of the molecule is Cc1cc2c3c(c1)N(c1ccc(-c4ccccc4F)cc1)c1c(sc4cc5c(cc14)C(C)(C)CCC5(C)C)B3c1cc3c(cc1N2c1ccc2c(c1)C(C)(C)CCC2(C)C)C(C)(C)CCC3(C)C. The van der Waals surface area contributed by atoms with Crippen LogP contribution in [-0.2, 0) is 32.5 Å². The normalized spacial score (nSPS) is 20.5. The van der Waals surface area contributed by atoms with Gasteiger partial charge in [-0.2, -0.15) is 0 Å². The Hall–Kier alpha value is -5.13. The summed E-state index contributed by atoms with van der Waals surface area (Å²) in [5.41, 5.74) is 22.4. The summed E-state index contributed by atoms with van der Waals surface area (Å²) in [6.45, 7) is 31.9. The lowest BCUT2D eigenvalue weighted by Crippen LogP contribution is -2.61. The number of anilines is 6. The van der Waals surface area contributed by atoms with Gasteiger partial charge in [0.25, 0.3) is 6.71 Å². The van der Waals surface area contributed by atoms with Gasteiger partial charge in [-0.3, -0.25) is 0 Å². The van der Waals surface area contributed by atoms with Gasteiger partial charge < -0.3 is 9.80 Å². The molecular formula is C63H68BFN2S. The van der Waals surface area contributed by atoms with Gasteiger partial charge in [0.15, 0.2) is 0 Å². The first kappa shape index (κ1) is 44.1. The number of thiophene rings is 1. The highest BCUT2D eigenvalue weighted by Crippen LogP contribution is 2.55. The molecule has 12 rings (SSSR count). The first-order chi connectivity index (χ1) is 32.0. The van der Waals surface area contributed by atoms with Crippen molar-refractivity contribution in [2.75, 3.05) is 9.80 Å². The van der Waals surface area contributed by atoms with Crippen molar-refractivity contribution in [3.8, 4) is 11.1 Å². The Bertz CT molecular complexity index is 3290. The highest BCUT2D eigenvalue weighted by Gasteiger charge is 2.49. The molecule has 3 heterocycles. The highest BCUT2D eigenvalue weighted by molar-refractivity contribution is 7.33. The molecule has 1 aromatic heterocycles. The summed E-state index contributed by atoms with van der Waals surface area (Å²) in [5.74, 6) is -0.197. The Morgan fingerprint density at radius 2 is 0.985 bits per heavy atom. The molecule has 0 atom stereocenters. The van der Waals surface area contributed by atoms with E-state index in [0.717, 1.165) is 17.7 Å². The van der Waals surface area contributed by atoms with E-state index in [2.05, 4.69) is 179 Å². The molecule has 5 aliphatic rings. The molecule has 6 aromatic carbocycles. The number of benzene rings is 6. The maximum atomic E-state index is 15.3. The van der Waals surface area contributed by atoms with Crippen LogP contribution in [0.4, 0.5) is 38.5 Å². The Balaban J connectivity index is 1.19. The van der Waals surface area contributed by atoms with E-state index in [1.165, 1.54) is 125 Å². The second kappa shape index (κ2) is 14.2. The molecule has 0 saturated carbocycles. The number of nitrogens with zero attached hydrogens (tertiary/aromatic N) is 2. The first-order valence-electron chi connectivity index (χ1n) is 25.5. The highest BCUT2D eigenvalue weighted by atomic mass is 32.1. The molecule has 0 fully saturated rings. The van der Waals surface area contributed by atoms with Crippen LogP contribution in [0.3, 0.4) is 0 Å². The van der Waals surface area contributed by atoms with Crippen molar-refractivity contribution in [2.45, 2.75) is 161 Å². The zero-order chi connectivity index (χ0) is 47.8. The zero-order valence-electron chi connectivity index (χ0n) is 42.8. The summed E-state index contributed by atoms with van der Waals surface area (Å²) >= 11 is 2.02. The first-order valence-corrected chi connectivity index (χ1v) is 26.3.